The van der Waals surface area contributed by atoms with E-state index in [1.165, 1.54) is 0 Å². The number of carboxylic acids is 1. The lowest BCUT2D eigenvalue weighted by atomic mass is 10.1. The number of carbonyl (C=O) groups is 2. The summed E-state index contributed by atoms with van der Waals surface area (Å²) < 4.78 is 0. The van der Waals surface area contributed by atoms with E-state index in [-0.39, 0.29) is 12.3 Å². The summed E-state index contributed by atoms with van der Waals surface area (Å²) in [4.78, 5) is 23.8. The third-order valence-electron chi connectivity index (χ3n) is 2.43. The second-order valence-electron chi connectivity index (χ2n) is 3.90. The minimum atomic E-state index is -0.938. The molecule has 0 aromatic carbocycles. The van der Waals surface area contributed by atoms with Gasteiger partial charge in [-0.2, -0.15) is 0 Å². The Morgan fingerprint density at radius 3 is 2.93 bits per heavy atom. The van der Waals surface area contributed by atoms with E-state index in [4.69, 9.17) is 5.11 Å². The van der Waals surface area contributed by atoms with Crippen molar-refractivity contribution in [3.63, 3.8) is 0 Å². The van der Waals surface area contributed by atoms with Crippen LogP contribution in [0.1, 0.15) is 13.3 Å². The lowest BCUT2D eigenvalue weighted by molar-refractivity contribution is -0.141. The Kier molecular flexibility index (Phi) is 3.46. The molecule has 0 aromatic rings. The fourth-order valence-corrected chi connectivity index (χ4v) is 1.69. The monoisotopic (exact) mass is 200 g/mol. The van der Waals surface area contributed by atoms with Crippen LogP contribution in [0.2, 0.25) is 0 Å². The van der Waals surface area contributed by atoms with Crippen LogP contribution in [0.4, 0.5) is 0 Å². The first-order valence-corrected chi connectivity index (χ1v) is 4.70. The third-order valence-corrected chi connectivity index (χ3v) is 2.43. The van der Waals surface area contributed by atoms with Crippen LogP contribution in [-0.4, -0.2) is 48.1 Å². The van der Waals surface area contributed by atoms with Crippen LogP contribution in [0.3, 0.4) is 0 Å². The van der Waals surface area contributed by atoms with Crippen LogP contribution in [0.25, 0.3) is 0 Å². The van der Waals surface area contributed by atoms with Gasteiger partial charge in [0.2, 0.25) is 5.91 Å². The Hall–Kier alpha value is -1.10. The Bertz CT molecular complexity index is 242. The van der Waals surface area contributed by atoms with Crippen molar-refractivity contribution in [2.75, 3.05) is 20.1 Å². The minimum absolute atomic E-state index is 0.130. The first-order chi connectivity index (χ1) is 6.50. The molecule has 1 rings (SSSR count). The maximum atomic E-state index is 11.5. The highest BCUT2D eigenvalue weighted by Crippen LogP contribution is 2.10. The molecule has 0 saturated carbocycles. The molecule has 0 aliphatic carbocycles. The summed E-state index contributed by atoms with van der Waals surface area (Å²) in [6.07, 6.45) is -0.130. The average Bonchev–Trinajstić information content (AvgIpc) is 2.18. The Morgan fingerprint density at radius 2 is 2.36 bits per heavy atom. The molecule has 5 heteroatoms. The molecule has 5 nitrogen and oxygen atoms in total. The number of amides is 1. The van der Waals surface area contributed by atoms with Gasteiger partial charge in [0, 0.05) is 13.1 Å². The van der Waals surface area contributed by atoms with Crippen molar-refractivity contribution in [3.05, 3.63) is 0 Å². The molecule has 0 radical (unpaired) electrons. The normalized spacial score (nSPS) is 29.4. The second kappa shape index (κ2) is 4.41. The maximum Gasteiger partial charge on any atom is 0.305 e. The van der Waals surface area contributed by atoms with Crippen LogP contribution < -0.4 is 5.32 Å². The molecule has 2 N–H and O–H groups in total. The van der Waals surface area contributed by atoms with Crippen molar-refractivity contribution < 1.29 is 14.7 Å². The first kappa shape index (κ1) is 11.0. The van der Waals surface area contributed by atoms with Gasteiger partial charge in [-0.3, -0.25) is 14.5 Å². The molecule has 1 aliphatic heterocycles. The third kappa shape index (κ3) is 2.70. The van der Waals surface area contributed by atoms with Gasteiger partial charge in [0.25, 0.3) is 0 Å². The molecule has 0 spiro atoms. The highest BCUT2D eigenvalue weighted by atomic mass is 16.4. The molecular weight excluding hydrogens is 184 g/mol. The molecule has 80 valence electrons. The van der Waals surface area contributed by atoms with Crippen molar-refractivity contribution in [1.29, 1.82) is 0 Å². The number of carbonyl (C=O) groups excluding carboxylic acids is 1. The van der Waals surface area contributed by atoms with Gasteiger partial charge in [0.1, 0.15) is 0 Å². The highest BCUT2D eigenvalue weighted by Gasteiger charge is 2.29. The van der Waals surface area contributed by atoms with Crippen LogP contribution in [0.5, 0.6) is 0 Å². The first-order valence-electron chi connectivity index (χ1n) is 4.70. The lowest BCUT2D eigenvalue weighted by Gasteiger charge is -2.23. The van der Waals surface area contributed by atoms with Crippen LogP contribution >= 0.6 is 0 Å². The van der Waals surface area contributed by atoms with E-state index in [0.29, 0.717) is 12.5 Å². The minimum Gasteiger partial charge on any atom is -0.481 e. The number of nitrogens with one attached hydrogen (secondary N) is 1. The van der Waals surface area contributed by atoms with Crippen molar-refractivity contribution in [3.8, 4) is 0 Å². The number of hydrogen-bond acceptors (Lipinski definition) is 3. The lowest BCUT2D eigenvalue weighted by Crippen LogP contribution is -2.43. The van der Waals surface area contributed by atoms with Gasteiger partial charge < -0.3 is 10.4 Å². The van der Waals surface area contributed by atoms with Crippen LogP contribution in [0.15, 0.2) is 0 Å². The molecule has 1 aliphatic rings. The summed E-state index contributed by atoms with van der Waals surface area (Å²) in [7, 11) is 1.79. The Morgan fingerprint density at radius 1 is 1.71 bits per heavy atom. The van der Waals surface area contributed by atoms with E-state index in [2.05, 4.69) is 5.32 Å². The number of rotatable bonds is 2. The topological polar surface area (TPSA) is 69.6 Å². The zero-order valence-electron chi connectivity index (χ0n) is 8.49. The van der Waals surface area contributed by atoms with Crippen molar-refractivity contribution in [2.45, 2.75) is 19.4 Å². The molecule has 1 fully saturated rings. The quantitative estimate of drug-likeness (QED) is 0.632. The van der Waals surface area contributed by atoms with E-state index in [1.54, 1.807) is 11.9 Å². The van der Waals surface area contributed by atoms with E-state index in [1.807, 2.05) is 6.92 Å². The fraction of sp³-hybridized carbons (Fsp3) is 0.778. The molecule has 1 amide bonds. The molecule has 14 heavy (non-hydrogen) atoms. The molecule has 2 atom stereocenters. The maximum absolute atomic E-state index is 11.5. The van der Waals surface area contributed by atoms with Crippen LogP contribution in [-0.2, 0) is 9.59 Å². The number of hydrogen-bond donors (Lipinski definition) is 2. The molecule has 2 unspecified atom stereocenters. The number of likely N-dealkylation sites (N-methyl/N-ethyl adjacent to an activating group) is 1. The van der Waals surface area contributed by atoms with Gasteiger partial charge in [-0.15, -0.1) is 0 Å². The molecule has 0 aromatic heterocycles. The summed E-state index contributed by atoms with van der Waals surface area (Å²) in [5, 5.41) is 11.4. The van der Waals surface area contributed by atoms with Gasteiger partial charge in [-0.25, -0.2) is 0 Å². The van der Waals surface area contributed by atoms with Crippen molar-refractivity contribution in [2.24, 2.45) is 5.92 Å². The SMILES string of the molecule is CC1CNC(=O)C(CC(=O)O)N(C)C1. The number of nitrogens with zero attached hydrogens (tertiary/aromatic N) is 1. The Balaban J connectivity index is 2.68. The van der Waals surface area contributed by atoms with Gasteiger partial charge >= 0.3 is 5.97 Å². The highest BCUT2D eigenvalue weighted by molar-refractivity contribution is 5.86. The largest absolute Gasteiger partial charge is 0.481 e. The van der Waals surface area contributed by atoms with Gasteiger partial charge in [0.05, 0.1) is 12.5 Å². The van der Waals surface area contributed by atoms with E-state index in [0.717, 1.165) is 6.54 Å². The average molecular weight is 200 g/mol. The fourth-order valence-electron chi connectivity index (χ4n) is 1.69. The second-order valence-corrected chi connectivity index (χ2v) is 3.90. The predicted molar refractivity (Wildman–Crippen MR) is 50.8 cm³/mol. The van der Waals surface area contributed by atoms with Crippen LogP contribution in [0, 0.1) is 5.92 Å². The van der Waals surface area contributed by atoms with Crippen molar-refractivity contribution >= 4 is 11.9 Å². The van der Waals surface area contributed by atoms with Crippen molar-refractivity contribution in [1.82, 2.24) is 10.2 Å². The number of aliphatic carboxylic acids is 1. The van der Waals surface area contributed by atoms with Gasteiger partial charge in [-0.05, 0) is 13.0 Å². The summed E-state index contributed by atoms with van der Waals surface area (Å²) in [5.74, 6) is -0.756. The summed E-state index contributed by atoms with van der Waals surface area (Å²) in [5.41, 5.74) is 0. The molecule has 1 saturated heterocycles. The van der Waals surface area contributed by atoms with Gasteiger partial charge in [-0.1, -0.05) is 6.92 Å². The Labute approximate surface area is 83.1 Å². The summed E-state index contributed by atoms with van der Waals surface area (Å²) >= 11 is 0. The molecule has 0 bridgehead atoms. The zero-order valence-corrected chi connectivity index (χ0v) is 8.49. The van der Waals surface area contributed by atoms with E-state index in [9.17, 15) is 9.59 Å². The number of carboxylic acid groups (broad SMARTS) is 1. The summed E-state index contributed by atoms with van der Waals surface area (Å²) in [6, 6.07) is -0.530. The zero-order chi connectivity index (χ0) is 10.7. The summed E-state index contributed by atoms with van der Waals surface area (Å²) in [6.45, 7) is 3.40. The van der Waals surface area contributed by atoms with E-state index >= 15 is 0 Å². The molecule has 1 heterocycles. The molecular formula is C9H16N2O3. The standard InChI is InChI=1S/C9H16N2O3/c1-6-4-10-9(14)7(3-8(12)13)11(2)5-6/h6-7H,3-5H2,1-2H3,(H,10,14)(H,12,13). The van der Waals surface area contributed by atoms with E-state index < -0.39 is 12.0 Å². The predicted octanol–water partition coefficient (Wildman–Crippen LogP) is -0.473. The van der Waals surface area contributed by atoms with Gasteiger partial charge in [0.15, 0.2) is 0 Å². The smallest absolute Gasteiger partial charge is 0.305 e.